The highest BCUT2D eigenvalue weighted by molar-refractivity contribution is 6.34. The summed E-state index contributed by atoms with van der Waals surface area (Å²) in [7, 11) is 0. The number of carbonyl (C=O) groups excluding carboxylic acids is 3. The molecule has 7 nitrogen and oxygen atoms in total. The number of benzene rings is 2. The van der Waals surface area contributed by atoms with Crippen molar-refractivity contribution in [2.75, 3.05) is 5.32 Å². The Hall–Kier alpha value is -3.32. The molecule has 0 aliphatic heterocycles. The highest BCUT2D eigenvalue weighted by Gasteiger charge is 2.49. The van der Waals surface area contributed by atoms with Crippen LogP contribution in [0.25, 0.3) is 6.08 Å². The van der Waals surface area contributed by atoms with Gasteiger partial charge in [0.15, 0.2) is 0 Å². The lowest BCUT2D eigenvalue weighted by molar-refractivity contribution is -0.142. The maximum atomic E-state index is 14.5. The lowest BCUT2D eigenvalue weighted by atomic mass is 9.95. The number of halogens is 1. The second-order valence-corrected chi connectivity index (χ2v) is 12.1. The van der Waals surface area contributed by atoms with Gasteiger partial charge in [-0.3, -0.25) is 9.59 Å². The Balaban J connectivity index is 2.10. The van der Waals surface area contributed by atoms with Crippen LogP contribution in [0.4, 0.5) is 10.5 Å². The van der Waals surface area contributed by atoms with E-state index in [-0.39, 0.29) is 29.7 Å². The Bertz CT molecular complexity index is 1230. The summed E-state index contributed by atoms with van der Waals surface area (Å²) < 4.78 is 5.49. The molecule has 3 rings (SSSR count). The van der Waals surface area contributed by atoms with Crippen LogP contribution in [0.1, 0.15) is 77.1 Å². The number of para-hydroxylation sites is 1. The first-order valence-corrected chi connectivity index (χ1v) is 14.2. The van der Waals surface area contributed by atoms with Gasteiger partial charge in [0.2, 0.25) is 5.91 Å². The summed E-state index contributed by atoms with van der Waals surface area (Å²) in [6.07, 6.45) is 2.43. The predicted molar refractivity (Wildman–Crippen MR) is 161 cm³/mol. The van der Waals surface area contributed by atoms with Crippen LogP contribution in [0, 0.1) is 18.8 Å². The van der Waals surface area contributed by atoms with E-state index >= 15 is 0 Å². The lowest BCUT2D eigenvalue weighted by Crippen LogP contribution is -2.55. The fourth-order valence-corrected chi connectivity index (χ4v) is 5.00. The minimum atomic E-state index is -0.968. The second kappa shape index (κ2) is 12.9. The van der Waals surface area contributed by atoms with Crippen molar-refractivity contribution in [3.8, 4) is 0 Å². The SMILES string of the molecule is C=Cc1cccc(C(C(=O)Nc2c(C)cccc2Cl)N(C(=O)C(NC(=O)OC(C)(C)C)C(C)CC)C2CC2C)c1. The highest BCUT2D eigenvalue weighted by atomic mass is 35.5. The number of nitrogens with zero attached hydrogens (tertiary/aromatic N) is 1. The normalized spacial score (nSPS) is 18.6. The molecule has 216 valence electrons. The van der Waals surface area contributed by atoms with Crippen molar-refractivity contribution < 1.29 is 19.1 Å². The summed E-state index contributed by atoms with van der Waals surface area (Å²) in [4.78, 5) is 43.1. The van der Waals surface area contributed by atoms with Gasteiger partial charge in [0, 0.05) is 6.04 Å². The fourth-order valence-electron chi connectivity index (χ4n) is 4.73. The molecule has 5 atom stereocenters. The molecule has 0 heterocycles. The summed E-state index contributed by atoms with van der Waals surface area (Å²) in [5.41, 5.74) is 2.05. The van der Waals surface area contributed by atoms with E-state index in [0.29, 0.717) is 22.7 Å². The third-order valence-corrected chi connectivity index (χ3v) is 7.60. The molecule has 2 aromatic carbocycles. The van der Waals surface area contributed by atoms with Crippen molar-refractivity contribution in [1.29, 1.82) is 0 Å². The van der Waals surface area contributed by atoms with E-state index in [4.69, 9.17) is 16.3 Å². The van der Waals surface area contributed by atoms with E-state index < -0.39 is 23.8 Å². The van der Waals surface area contributed by atoms with Crippen LogP contribution < -0.4 is 10.6 Å². The quantitative estimate of drug-likeness (QED) is 0.319. The summed E-state index contributed by atoms with van der Waals surface area (Å²) in [5, 5.41) is 6.23. The highest BCUT2D eigenvalue weighted by Crippen LogP contribution is 2.42. The summed E-state index contributed by atoms with van der Waals surface area (Å²) >= 11 is 6.46. The zero-order chi connectivity index (χ0) is 29.8. The van der Waals surface area contributed by atoms with E-state index in [9.17, 15) is 14.4 Å². The molecule has 0 aromatic heterocycles. The largest absolute Gasteiger partial charge is 0.444 e. The van der Waals surface area contributed by atoms with Crippen molar-refractivity contribution >= 4 is 41.3 Å². The van der Waals surface area contributed by atoms with Gasteiger partial charge in [0.05, 0.1) is 10.7 Å². The zero-order valence-corrected chi connectivity index (χ0v) is 25.3. The van der Waals surface area contributed by atoms with Crippen LogP contribution in [0.15, 0.2) is 49.0 Å². The molecule has 40 heavy (non-hydrogen) atoms. The Morgan fingerprint density at radius 3 is 2.40 bits per heavy atom. The number of anilines is 1. The second-order valence-electron chi connectivity index (χ2n) is 11.7. The van der Waals surface area contributed by atoms with Gasteiger partial charge in [-0.2, -0.15) is 0 Å². The zero-order valence-electron chi connectivity index (χ0n) is 24.6. The standard InChI is InChI=1S/C32H42ClN3O4/c1-9-19(3)27(35-31(39)40-32(6,7)8)30(38)36(25-17-21(25)5)28(23-15-12-14-22(10-2)18-23)29(37)34-26-20(4)13-11-16-24(26)33/h10-16,18-19,21,25,27-28H,2,9,17H2,1,3-8H3,(H,34,37)(H,35,39). The van der Waals surface area contributed by atoms with Gasteiger partial charge >= 0.3 is 6.09 Å². The van der Waals surface area contributed by atoms with Gasteiger partial charge in [0.25, 0.3) is 5.91 Å². The molecule has 3 amide bonds. The van der Waals surface area contributed by atoms with Crippen LogP contribution >= 0.6 is 11.6 Å². The average molecular weight is 568 g/mol. The maximum Gasteiger partial charge on any atom is 0.408 e. The van der Waals surface area contributed by atoms with Gasteiger partial charge in [0.1, 0.15) is 17.7 Å². The number of nitrogens with one attached hydrogen (secondary N) is 2. The Labute approximate surface area is 243 Å². The first-order chi connectivity index (χ1) is 18.8. The first-order valence-electron chi connectivity index (χ1n) is 13.9. The molecule has 0 bridgehead atoms. The molecular weight excluding hydrogens is 526 g/mol. The number of alkyl carbamates (subject to hydrolysis) is 1. The third kappa shape index (κ3) is 7.66. The van der Waals surface area contributed by atoms with Gasteiger partial charge < -0.3 is 20.3 Å². The molecule has 1 fully saturated rings. The number of amides is 3. The monoisotopic (exact) mass is 567 g/mol. The summed E-state index contributed by atoms with van der Waals surface area (Å²) in [6.45, 7) is 17.0. The number of rotatable bonds is 10. The molecule has 5 unspecified atom stereocenters. The lowest BCUT2D eigenvalue weighted by Gasteiger charge is -2.36. The average Bonchev–Trinajstić information content (AvgIpc) is 3.61. The molecule has 1 saturated carbocycles. The number of ether oxygens (including phenoxy) is 1. The Morgan fingerprint density at radius 2 is 1.85 bits per heavy atom. The van der Waals surface area contributed by atoms with E-state index in [1.54, 1.807) is 37.8 Å². The van der Waals surface area contributed by atoms with E-state index in [2.05, 4.69) is 24.1 Å². The van der Waals surface area contributed by atoms with E-state index in [0.717, 1.165) is 17.5 Å². The Morgan fingerprint density at radius 1 is 1.20 bits per heavy atom. The van der Waals surface area contributed by atoms with Crippen molar-refractivity contribution in [2.45, 2.75) is 85.0 Å². The van der Waals surface area contributed by atoms with Crippen molar-refractivity contribution in [3.63, 3.8) is 0 Å². The smallest absolute Gasteiger partial charge is 0.408 e. The minimum absolute atomic E-state index is 0.171. The first kappa shape index (κ1) is 31.2. The molecule has 1 aliphatic rings. The van der Waals surface area contributed by atoms with Crippen LogP contribution in [0.3, 0.4) is 0 Å². The number of hydrogen-bond acceptors (Lipinski definition) is 4. The predicted octanol–water partition coefficient (Wildman–Crippen LogP) is 7.15. The van der Waals surface area contributed by atoms with Gasteiger partial charge in [-0.05, 0) is 74.8 Å². The molecule has 1 aliphatic carbocycles. The number of carbonyl (C=O) groups is 3. The summed E-state index contributed by atoms with van der Waals surface area (Å²) in [5.74, 6) is -0.715. The molecule has 0 spiro atoms. The Kier molecular flexibility index (Phi) is 10.1. The van der Waals surface area contributed by atoms with Gasteiger partial charge in [-0.1, -0.05) is 81.8 Å². The molecule has 8 heteroatoms. The topological polar surface area (TPSA) is 87.7 Å². The van der Waals surface area contributed by atoms with Gasteiger partial charge in [-0.15, -0.1) is 0 Å². The van der Waals surface area contributed by atoms with Crippen LogP contribution in [-0.2, 0) is 14.3 Å². The van der Waals surface area contributed by atoms with Gasteiger partial charge in [-0.25, -0.2) is 4.79 Å². The van der Waals surface area contributed by atoms with Crippen molar-refractivity contribution in [2.24, 2.45) is 11.8 Å². The van der Waals surface area contributed by atoms with Crippen molar-refractivity contribution in [1.82, 2.24) is 10.2 Å². The third-order valence-electron chi connectivity index (χ3n) is 7.29. The van der Waals surface area contributed by atoms with Crippen molar-refractivity contribution in [3.05, 3.63) is 70.8 Å². The van der Waals surface area contributed by atoms with Crippen LogP contribution in [0.2, 0.25) is 5.02 Å². The molecule has 2 N–H and O–H groups in total. The minimum Gasteiger partial charge on any atom is -0.444 e. The molecule has 0 saturated heterocycles. The molecular formula is C32H42ClN3O4. The van der Waals surface area contributed by atoms with Crippen LogP contribution in [0.5, 0.6) is 0 Å². The van der Waals surface area contributed by atoms with Crippen LogP contribution in [-0.4, -0.2) is 40.5 Å². The number of aryl methyl sites for hydroxylation is 1. The number of hydrogen-bond donors (Lipinski definition) is 2. The molecule has 0 radical (unpaired) electrons. The fraction of sp³-hybridized carbons (Fsp3) is 0.469. The van der Waals surface area contributed by atoms with E-state index in [1.807, 2.05) is 57.2 Å². The van der Waals surface area contributed by atoms with E-state index in [1.165, 1.54) is 0 Å². The molecule has 2 aromatic rings. The summed E-state index contributed by atoms with van der Waals surface area (Å²) in [6, 6.07) is 10.8. The maximum absolute atomic E-state index is 14.5.